The van der Waals surface area contributed by atoms with Gasteiger partial charge < -0.3 is 24.2 Å². The molecule has 0 fully saturated rings. The van der Waals surface area contributed by atoms with Gasteiger partial charge in [0.1, 0.15) is 11.5 Å². The molecular weight excluding hydrogens is 658 g/mol. The van der Waals surface area contributed by atoms with Gasteiger partial charge in [-0.25, -0.2) is 0 Å². The second kappa shape index (κ2) is 18.5. The molecule has 0 radical (unpaired) electrons. The zero-order valence-electron chi connectivity index (χ0n) is 31.6. The molecule has 6 bridgehead atoms. The quantitative estimate of drug-likeness (QED) is 0.206. The highest BCUT2D eigenvalue weighted by atomic mass is 16.5. The maximum atomic E-state index is 13.8. The van der Waals surface area contributed by atoms with Crippen molar-refractivity contribution in [2.75, 3.05) is 0 Å². The van der Waals surface area contributed by atoms with Crippen LogP contribution in [0.3, 0.4) is 0 Å². The lowest BCUT2D eigenvalue weighted by Gasteiger charge is -2.28. The van der Waals surface area contributed by atoms with Crippen LogP contribution in [0, 0.1) is 24.7 Å². The number of fused-ring (bicyclic) bond motifs is 6. The summed E-state index contributed by atoms with van der Waals surface area (Å²) < 4.78 is 10.7. The van der Waals surface area contributed by atoms with E-state index in [2.05, 4.69) is 12.1 Å². The van der Waals surface area contributed by atoms with E-state index in [1.807, 2.05) is 76.5 Å². The number of hydrogen-bond donors (Lipinski definition) is 0. The molecule has 0 aromatic heterocycles. The van der Waals surface area contributed by atoms with Crippen LogP contribution in [-0.4, -0.2) is 45.4 Å². The van der Waals surface area contributed by atoms with E-state index >= 15 is 0 Å². The molecule has 0 atom stereocenters. The molecule has 4 rings (SSSR count). The first-order chi connectivity index (χ1) is 24.7. The van der Waals surface area contributed by atoms with Gasteiger partial charge in [0.15, 0.2) is 0 Å². The summed E-state index contributed by atoms with van der Waals surface area (Å²) in [5.41, 5.74) is 5.84. The van der Waals surface area contributed by atoms with Gasteiger partial charge in [-0.1, -0.05) is 77.4 Å². The zero-order valence-corrected chi connectivity index (χ0v) is 31.6. The fourth-order valence-corrected chi connectivity index (χ4v) is 6.65. The standard InChI is InChI=1S/C42H53N3O7/c1-28(2)8-40(48)43-20-32-11-31(7)12-33(13-32)21-44(41(49)9-29(3)4)23-35-15-37(19-39(17-35)52-27-47)25-45(42(50)10-30(5)6)24-36-14-34(22-43)16-38(18-36)51-26-46/h11-19,26-30H,8-10,20-25H2,1-7H3. The summed E-state index contributed by atoms with van der Waals surface area (Å²) in [5, 5.41) is 0. The monoisotopic (exact) mass is 711 g/mol. The Morgan fingerprint density at radius 2 is 0.750 bits per heavy atom. The van der Waals surface area contributed by atoms with E-state index in [1.54, 1.807) is 29.2 Å². The highest BCUT2D eigenvalue weighted by Gasteiger charge is 2.23. The number of carbonyl (C=O) groups excluding carboxylic acids is 5. The number of rotatable bonds is 10. The predicted octanol–water partition coefficient (Wildman–Crippen LogP) is 7.10. The van der Waals surface area contributed by atoms with Crippen molar-refractivity contribution in [3.63, 3.8) is 0 Å². The molecule has 0 aliphatic carbocycles. The summed E-state index contributed by atoms with van der Waals surface area (Å²) in [5.74, 6) is 0.924. The summed E-state index contributed by atoms with van der Waals surface area (Å²) in [7, 11) is 0. The van der Waals surface area contributed by atoms with Crippen LogP contribution in [0.2, 0.25) is 0 Å². The van der Waals surface area contributed by atoms with Crippen LogP contribution in [0.1, 0.15) is 99.7 Å². The lowest BCUT2D eigenvalue weighted by atomic mass is 10.0. The minimum absolute atomic E-state index is 0.00923. The number of carbonyl (C=O) groups is 5. The van der Waals surface area contributed by atoms with Gasteiger partial charge >= 0.3 is 0 Å². The maximum absolute atomic E-state index is 13.8. The molecule has 52 heavy (non-hydrogen) atoms. The van der Waals surface area contributed by atoms with Gasteiger partial charge in [0.2, 0.25) is 17.7 Å². The summed E-state index contributed by atoms with van der Waals surface area (Å²) in [6, 6.07) is 17.0. The number of benzene rings is 3. The Kier molecular flexibility index (Phi) is 14.1. The molecule has 0 saturated carbocycles. The fourth-order valence-electron chi connectivity index (χ4n) is 6.65. The number of ether oxygens (including phenoxy) is 2. The molecule has 10 heteroatoms. The average Bonchev–Trinajstić information content (AvgIpc) is 3.02. The average molecular weight is 712 g/mol. The normalized spacial score (nSPS) is 13.8. The number of aryl methyl sites for hydroxylation is 1. The van der Waals surface area contributed by atoms with Crippen molar-refractivity contribution in [2.24, 2.45) is 17.8 Å². The molecule has 1 aliphatic rings. The van der Waals surface area contributed by atoms with Gasteiger partial charge in [0, 0.05) is 58.5 Å². The van der Waals surface area contributed by atoms with Crippen molar-refractivity contribution in [1.82, 2.24) is 14.7 Å². The third-order valence-electron chi connectivity index (χ3n) is 8.66. The van der Waals surface area contributed by atoms with Crippen LogP contribution in [-0.2, 0) is 63.2 Å². The van der Waals surface area contributed by atoms with Crippen LogP contribution >= 0.6 is 0 Å². The van der Waals surface area contributed by atoms with Crippen molar-refractivity contribution in [2.45, 2.75) is 107 Å². The van der Waals surface area contributed by atoms with Crippen LogP contribution < -0.4 is 9.47 Å². The molecular formula is C42H53N3O7. The third kappa shape index (κ3) is 12.1. The molecule has 0 unspecified atom stereocenters. The van der Waals surface area contributed by atoms with E-state index in [4.69, 9.17) is 9.47 Å². The Bertz CT molecular complexity index is 1640. The highest BCUT2D eigenvalue weighted by molar-refractivity contribution is 5.78. The van der Waals surface area contributed by atoms with Crippen LogP contribution in [0.5, 0.6) is 11.5 Å². The first kappa shape index (κ1) is 39.8. The second-order valence-electron chi connectivity index (χ2n) is 15.3. The molecule has 1 heterocycles. The lowest BCUT2D eigenvalue weighted by molar-refractivity contribution is -0.134. The molecule has 3 aromatic rings. The van der Waals surface area contributed by atoms with Crippen molar-refractivity contribution in [3.05, 3.63) is 93.5 Å². The lowest BCUT2D eigenvalue weighted by Crippen LogP contribution is -2.33. The molecule has 1 aliphatic heterocycles. The van der Waals surface area contributed by atoms with Gasteiger partial charge in [-0.2, -0.15) is 0 Å². The van der Waals surface area contributed by atoms with Crippen molar-refractivity contribution in [3.8, 4) is 11.5 Å². The summed E-state index contributed by atoms with van der Waals surface area (Å²) >= 11 is 0. The van der Waals surface area contributed by atoms with Gasteiger partial charge in [0.05, 0.1) is 0 Å². The summed E-state index contributed by atoms with van der Waals surface area (Å²) in [4.78, 5) is 69.7. The molecule has 0 N–H and O–H groups in total. The topological polar surface area (TPSA) is 114 Å². The molecule has 278 valence electrons. The van der Waals surface area contributed by atoms with Crippen molar-refractivity contribution < 1.29 is 33.4 Å². The molecule has 3 aromatic carbocycles. The van der Waals surface area contributed by atoms with E-state index in [-0.39, 0.29) is 61.7 Å². The number of amides is 3. The number of hydrogen-bond acceptors (Lipinski definition) is 7. The van der Waals surface area contributed by atoms with Gasteiger partial charge in [0.25, 0.3) is 12.9 Å². The van der Waals surface area contributed by atoms with E-state index in [0.717, 1.165) is 38.9 Å². The summed E-state index contributed by atoms with van der Waals surface area (Å²) in [6.45, 7) is 16.3. The van der Waals surface area contributed by atoms with Gasteiger partial charge in [-0.15, -0.1) is 0 Å². The van der Waals surface area contributed by atoms with E-state index in [9.17, 15) is 24.0 Å². The Hall–Kier alpha value is -4.99. The Labute approximate surface area is 308 Å². The number of nitrogens with zero attached hydrogens (tertiary/aromatic N) is 3. The molecule has 0 spiro atoms. The predicted molar refractivity (Wildman–Crippen MR) is 199 cm³/mol. The SMILES string of the molecule is Cc1cc2cc(c1)CN(C(=O)CC(C)C)Cc1cc(cc(OC=O)c1)CN(C(=O)CC(C)C)Cc1cc(cc(OC=O)c1)CN(C(=O)CC(C)C)C2. The first-order valence-electron chi connectivity index (χ1n) is 18.1. The van der Waals surface area contributed by atoms with Crippen molar-refractivity contribution >= 4 is 30.7 Å². The Morgan fingerprint density at radius 1 is 0.500 bits per heavy atom. The van der Waals surface area contributed by atoms with E-state index in [0.29, 0.717) is 56.8 Å². The minimum Gasteiger partial charge on any atom is -0.429 e. The van der Waals surface area contributed by atoms with E-state index < -0.39 is 0 Å². The largest absolute Gasteiger partial charge is 0.429 e. The molecule has 3 amide bonds. The smallest absolute Gasteiger partial charge is 0.298 e. The minimum atomic E-state index is -0.0766. The van der Waals surface area contributed by atoms with Crippen LogP contribution in [0.15, 0.2) is 54.6 Å². The zero-order chi connectivity index (χ0) is 37.9. The Balaban J connectivity index is 1.92. The highest BCUT2D eigenvalue weighted by Crippen LogP contribution is 2.27. The van der Waals surface area contributed by atoms with Crippen LogP contribution in [0.4, 0.5) is 0 Å². The molecule has 0 saturated heterocycles. The molecule has 10 nitrogen and oxygen atoms in total. The second-order valence-corrected chi connectivity index (χ2v) is 15.3. The van der Waals surface area contributed by atoms with E-state index in [1.165, 1.54) is 0 Å². The summed E-state index contributed by atoms with van der Waals surface area (Å²) in [6.07, 6.45) is 1.03. The van der Waals surface area contributed by atoms with Gasteiger partial charge in [-0.3, -0.25) is 24.0 Å². The van der Waals surface area contributed by atoms with Crippen LogP contribution in [0.25, 0.3) is 0 Å². The van der Waals surface area contributed by atoms with Gasteiger partial charge in [-0.05, 0) is 82.3 Å². The first-order valence-corrected chi connectivity index (χ1v) is 18.1. The maximum Gasteiger partial charge on any atom is 0.298 e. The third-order valence-corrected chi connectivity index (χ3v) is 8.66. The van der Waals surface area contributed by atoms with Crippen molar-refractivity contribution in [1.29, 1.82) is 0 Å². The fraction of sp³-hybridized carbons (Fsp3) is 0.452. The Morgan fingerprint density at radius 3 is 0.981 bits per heavy atom.